The Morgan fingerprint density at radius 2 is 1.79 bits per heavy atom. The fourth-order valence-corrected chi connectivity index (χ4v) is 3.29. The third kappa shape index (κ3) is 3.15. The molecule has 1 aromatic rings. The minimum Gasteiger partial charge on any atom is -0.320 e. The van der Waals surface area contributed by atoms with Gasteiger partial charge in [-0.2, -0.15) is 0 Å². The SMILES string of the molecule is CCC(N1CCCCC1)C(C)(N)c1ccc(F)cc1. The molecule has 1 fully saturated rings. The molecule has 0 radical (unpaired) electrons. The van der Waals surface area contributed by atoms with Gasteiger partial charge in [-0.05, 0) is 57.0 Å². The second kappa shape index (κ2) is 6.02. The molecule has 0 spiro atoms. The Morgan fingerprint density at radius 3 is 2.32 bits per heavy atom. The predicted octanol–water partition coefficient (Wildman–Crippen LogP) is 3.26. The highest BCUT2D eigenvalue weighted by molar-refractivity contribution is 5.26. The molecule has 0 saturated carbocycles. The molecular formula is C16H25FN2. The van der Waals surface area contributed by atoms with Crippen molar-refractivity contribution >= 4 is 0 Å². The number of nitrogens with zero attached hydrogens (tertiary/aromatic N) is 1. The zero-order chi connectivity index (χ0) is 13.9. The normalized spacial score (nSPS) is 21.9. The summed E-state index contributed by atoms with van der Waals surface area (Å²) in [5.74, 6) is -0.203. The molecule has 0 aliphatic carbocycles. The first-order chi connectivity index (χ1) is 9.05. The highest BCUT2D eigenvalue weighted by Gasteiger charge is 2.35. The summed E-state index contributed by atoms with van der Waals surface area (Å²) in [5.41, 5.74) is 7.20. The largest absolute Gasteiger partial charge is 0.320 e. The number of nitrogens with two attached hydrogens (primary N) is 1. The molecule has 2 unspecified atom stereocenters. The van der Waals surface area contributed by atoms with E-state index in [0.29, 0.717) is 6.04 Å². The van der Waals surface area contributed by atoms with E-state index in [1.54, 1.807) is 0 Å². The highest BCUT2D eigenvalue weighted by Crippen LogP contribution is 2.29. The summed E-state index contributed by atoms with van der Waals surface area (Å²) in [7, 11) is 0. The van der Waals surface area contributed by atoms with Gasteiger partial charge in [0, 0.05) is 6.04 Å². The van der Waals surface area contributed by atoms with Gasteiger partial charge in [-0.25, -0.2) is 4.39 Å². The van der Waals surface area contributed by atoms with E-state index >= 15 is 0 Å². The van der Waals surface area contributed by atoms with Crippen molar-refractivity contribution in [2.45, 2.75) is 51.1 Å². The standard InChI is InChI=1S/C16H25FN2/c1-3-15(19-11-5-4-6-12-19)16(2,18)13-7-9-14(17)10-8-13/h7-10,15H,3-6,11-12,18H2,1-2H3. The Labute approximate surface area is 115 Å². The molecule has 19 heavy (non-hydrogen) atoms. The van der Waals surface area contributed by atoms with Gasteiger partial charge in [-0.1, -0.05) is 25.5 Å². The van der Waals surface area contributed by atoms with Crippen LogP contribution >= 0.6 is 0 Å². The van der Waals surface area contributed by atoms with E-state index in [0.717, 1.165) is 25.1 Å². The first-order valence-corrected chi connectivity index (χ1v) is 7.34. The first-order valence-electron chi connectivity index (χ1n) is 7.34. The molecule has 1 aromatic carbocycles. The summed E-state index contributed by atoms with van der Waals surface area (Å²) in [6.07, 6.45) is 4.86. The van der Waals surface area contributed by atoms with Crippen molar-refractivity contribution in [3.63, 3.8) is 0 Å². The quantitative estimate of drug-likeness (QED) is 0.904. The van der Waals surface area contributed by atoms with Crippen molar-refractivity contribution < 1.29 is 4.39 Å². The Morgan fingerprint density at radius 1 is 1.21 bits per heavy atom. The molecule has 2 N–H and O–H groups in total. The summed E-state index contributed by atoms with van der Waals surface area (Å²) in [6, 6.07) is 6.97. The summed E-state index contributed by atoms with van der Waals surface area (Å²) >= 11 is 0. The maximum atomic E-state index is 13.1. The molecule has 1 aliphatic rings. The Hall–Kier alpha value is -0.930. The Bertz CT molecular complexity index is 394. The topological polar surface area (TPSA) is 29.3 Å². The van der Waals surface area contributed by atoms with Crippen LogP contribution in [0, 0.1) is 5.82 Å². The minimum atomic E-state index is -0.431. The molecule has 0 aromatic heterocycles. The van der Waals surface area contributed by atoms with Crippen LogP contribution in [0.4, 0.5) is 4.39 Å². The van der Waals surface area contributed by atoms with Gasteiger partial charge in [0.15, 0.2) is 0 Å². The lowest BCUT2D eigenvalue weighted by Crippen LogP contribution is -2.55. The summed E-state index contributed by atoms with van der Waals surface area (Å²) in [6.45, 7) is 6.52. The van der Waals surface area contributed by atoms with E-state index in [1.165, 1.54) is 31.4 Å². The molecule has 1 heterocycles. The van der Waals surface area contributed by atoms with Crippen LogP contribution in [-0.2, 0) is 5.54 Å². The number of piperidine rings is 1. The van der Waals surface area contributed by atoms with Crippen LogP contribution in [0.25, 0.3) is 0 Å². The number of hydrogen-bond donors (Lipinski definition) is 1. The third-order valence-electron chi connectivity index (χ3n) is 4.38. The van der Waals surface area contributed by atoms with E-state index in [1.807, 2.05) is 12.1 Å². The van der Waals surface area contributed by atoms with Crippen LogP contribution in [0.15, 0.2) is 24.3 Å². The fraction of sp³-hybridized carbons (Fsp3) is 0.625. The highest BCUT2D eigenvalue weighted by atomic mass is 19.1. The van der Waals surface area contributed by atoms with Gasteiger partial charge in [0.05, 0.1) is 5.54 Å². The summed E-state index contributed by atoms with van der Waals surface area (Å²) in [5, 5.41) is 0. The van der Waals surface area contributed by atoms with Gasteiger partial charge in [-0.3, -0.25) is 4.90 Å². The van der Waals surface area contributed by atoms with Gasteiger partial charge >= 0.3 is 0 Å². The van der Waals surface area contributed by atoms with Gasteiger partial charge in [-0.15, -0.1) is 0 Å². The van der Waals surface area contributed by atoms with E-state index in [2.05, 4.69) is 18.7 Å². The molecule has 2 nitrogen and oxygen atoms in total. The smallest absolute Gasteiger partial charge is 0.123 e. The molecule has 1 aliphatic heterocycles. The molecule has 0 bridgehead atoms. The Kier molecular flexibility index (Phi) is 4.58. The molecule has 106 valence electrons. The van der Waals surface area contributed by atoms with Gasteiger partial charge in [0.2, 0.25) is 0 Å². The lowest BCUT2D eigenvalue weighted by Gasteiger charge is -2.43. The monoisotopic (exact) mass is 264 g/mol. The maximum Gasteiger partial charge on any atom is 0.123 e. The minimum absolute atomic E-state index is 0.203. The van der Waals surface area contributed by atoms with Crippen LogP contribution in [0.3, 0.4) is 0 Å². The number of benzene rings is 1. The van der Waals surface area contributed by atoms with Gasteiger partial charge in [0.1, 0.15) is 5.82 Å². The van der Waals surface area contributed by atoms with E-state index in [9.17, 15) is 4.39 Å². The van der Waals surface area contributed by atoms with Crippen LogP contribution in [0.5, 0.6) is 0 Å². The van der Waals surface area contributed by atoms with Crippen molar-refractivity contribution in [2.24, 2.45) is 5.73 Å². The van der Waals surface area contributed by atoms with Crippen molar-refractivity contribution in [1.29, 1.82) is 0 Å². The first kappa shape index (κ1) is 14.5. The zero-order valence-corrected chi connectivity index (χ0v) is 12.0. The molecule has 3 heteroatoms. The van der Waals surface area contributed by atoms with Crippen LogP contribution < -0.4 is 5.73 Å². The van der Waals surface area contributed by atoms with E-state index in [4.69, 9.17) is 5.73 Å². The second-order valence-electron chi connectivity index (χ2n) is 5.81. The van der Waals surface area contributed by atoms with Crippen LogP contribution in [0.1, 0.15) is 45.1 Å². The molecule has 2 atom stereocenters. The zero-order valence-electron chi connectivity index (χ0n) is 12.0. The molecule has 0 amide bonds. The number of rotatable bonds is 4. The number of likely N-dealkylation sites (tertiary alicyclic amines) is 1. The molecule has 1 saturated heterocycles. The number of halogens is 1. The second-order valence-corrected chi connectivity index (χ2v) is 5.81. The van der Waals surface area contributed by atoms with Crippen molar-refractivity contribution in [1.82, 2.24) is 4.90 Å². The van der Waals surface area contributed by atoms with Crippen molar-refractivity contribution in [3.8, 4) is 0 Å². The summed E-state index contributed by atoms with van der Waals surface area (Å²) < 4.78 is 13.1. The summed E-state index contributed by atoms with van der Waals surface area (Å²) in [4.78, 5) is 2.51. The predicted molar refractivity (Wildman–Crippen MR) is 77.4 cm³/mol. The van der Waals surface area contributed by atoms with Gasteiger partial charge < -0.3 is 5.73 Å². The van der Waals surface area contributed by atoms with E-state index < -0.39 is 5.54 Å². The average molecular weight is 264 g/mol. The lowest BCUT2D eigenvalue weighted by molar-refractivity contribution is 0.100. The van der Waals surface area contributed by atoms with Crippen molar-refractivity contribution in [2.75, 3.05) is 13.1 Å². The maximum absolute atomic E-state index is 13.1. The average Bonchev–Trinajstić information content (AvgIpc) is 2.41. The fourth-order valence-electron chi connectivity index (χ4n) is 3.29. The molecular weight excluding hydrogens is 239 g/mol. The Balaban J connectivity index is 2.21. The van der Waals surface area contributed by atoms with Crippen LogP contribution in [-0.4, -0.2) is 24.0 Å². The third-order valence-corrected chi connectivity index (χ3v) is 4.38. The van der Waals surface area contributed by atoms with Crippen molar-refractivity contribution in [3.05, 3.63) is 35.6 Å². The van der Waals surface area contributed by atoms with E-state index in [-0.39, 0.29) is 5.82 Å². The van der Waals surface area contributed by atoms with Crippen LogP contribution in [0.2, 0.25) is 0 Å². The molecule has 2 rings (SSSR count). The lowest BCUT2D eigenvalue weighted by atomic mass is 9.82. The van der Waals surface area contributed by atoms with Gasteiger partial charge in [0.25, 0.3) is 0 Å². The number of hydrogen-bond acceptors (Lipinski definition) is 2.